The van der Waals surface area contributed by atoms with Crippen molar-refractivity contribution in [3.63, 3.8) is 0 Å². The predicted molar refractivity (Wildman–Crippen MR) is 98.4 cm³/mol. The standard InChI is InChI=1S/C19H20N2O4S/c1-14(22)15-7-5-8-16(13-15)20-19(23)18-11-6-12-21(18)26(24,25)17-9-3-2-4-10-17/h2-5,7-10,13,18H,6,11-12H2,1H3,(H,20,23). The second-order valence-electron chi connectivity index (χ2n) is 6.21. The van der Waals surface area contributed by atoms with Crippen LogP contribution in [0.25, 0.3) is 0 Å². The number of rotatable bonds is 5. The molecule has 0 bridgehead atoms. The number of ketones is 1. The van der Waals surface area contributed by atoms with Gasteiger partial charge in [0.05, 0.1) is 4.90 Å². The van der Waals surface area contributed by atoms with Crippen LogP contribution in [0.15, 0.2) is 59.5 Å². The van der Waals surface area contributed by atoms with Crippen molar-refractivity contribution in [2.45, 2.75) is 30.7 Å². The van der Waals surface area contributed by atoms with Crippen molar-refractivity contribution in [1.29, 1.82) is 0 Å². The van der Waals surface area contributed by atoms with Gasteiger partial charge in [0.25, 0.3) is 0 Å². The molecule has 0 spiro atoms. The van der Waals surface area contributed by atoms with E-state index in [9.17, 15) is 18.0 Å². The Morgan fingerprint density at radius 3 is 2.50 bits per heavy atom. The van der Waals surface area contributed by atoms with Gasteiger partial charge in [-0.25, -0.2) is 8.42 Å². The Morgan fingerprint density at radius 2 is 1.81 bits per heavy atom. The number of carbonyl (C=O) groups excluding carboxylic acids is 2. The zero-order valence-electron chi connectivity index (χ0n) is 14.4. The molecule has 1 N–H and O–H groups in total. The largest absolute Gasteiger partial charge is 0.325 e. The average Bonchev–Trinajstić information content (AvgIpc) is 3.13. The van der Waals surface area contributed by atoms with Gasteiger partial charge in [0.1, 0.15) is 6.04 Å². The third-order valence-corrected chi connectivity index (χ3v) is 6.32. The van der Waals surface area contributed by atoms with Crippen LogP contribution < -0.4 is 5.32 Å². The van der Waals surface area contributed by atoms with Crippen LogP contribution in [0, 0.1) is 0 Å². The maximum absolute atomic E-state index is 12.8. The summed E-state index contributed by atoms with van der Waals surface area (Å²) in [6.45, 7) is 1.76. The van der Waals surface area contributed by atoms with Gasteiger partial charge in [-0.1, -0.05) is 30.3 Å². The molecule has 1 heterocycles. The van der Waals surface area contributed by atoms with Gasteiger partial charge in [0.2, 0.25) is 15.9 Å². The van der Waals surface area contributed by atoms with Gasteiger partial charge in [-0.2, -0.15) is 4.31 Å². The van der Waals surface area contributed by atoms with Crippen LogP contribution >= 0.6 is 0 Å². The molecule has 1 atom stereocenters. The average molecular weight is 372 g/mol. The fourth-order valence-corrected chi connectivity index (χ4v) is 4.74. The molecule has 0 saturated carbocycles. The molecule has 1 amide bonds. The topological polar surface area (TPSA) is 83.6 Å². The molecule has 1 aliphatic heterocycles. The number of amides is 1. The fraction of sp³-hybridized carbons (Fsp3) is 0.263. The Bertz CT molecular complexity index is 926. The van der Waals surface area contributed by atoms with E-state index in [0.29, 0.717) is 30.6 Å². The van der Waals surface area contributed by atoms with Gasteiger partial charge in [-0.15, -0.1) is 0 Å². The molecule has 1 saturated heterocycles. The van der Waals surface area contributed by atoms with E-state index >= 15 is 0 Å². The van der Waals surface area contributed by atoms with Crippen molar-refractivity contribution in [2.75, 3.05) is 11.9 Å². The second-order valence-corrected chi connectivity index (χ2v) is 8.10. The van der Waals surface area contributed by atoms with E-state index in [1.54, 1.807) is 42.5 Å². The van der Waals surface area contributed by atoms with E-state index in [0.717, 1.165) is 0 Å². The fourth-order valence-electron chi connectivity index (χ4n) is 3.06. The molecular weight excluding hydrogens is 352 g/mol. The monoisotopic (exact) mass is 372 g/mol. The van der Waals surface area contributed by atoms with Gasteiger partial charge in [-0.3, -0.25) is 9.59 Å². The van der Waals surface area contributed by atoms with Crippen LogP contribution in [-0.4, -0.2) is 37.0 Å². The zero-order valence-corrected chi connectivity index (χ0v) is 15.2. The number of sulfonamides is 1. The highest BCUT2D eigenvalue weighted by Gasteiger charge is 2.39. The number of Topliss-reactive ketones (excluding diaryl/α,β-unsaturated/α-hetero) is 1. The van der Waals surface area contributed by atoms with E-state index in [2.05, 4.69) is 5.32 Å². The van der Waals surface area contributed by atoms with E-state index in [4.69, 9.17) is 0 Å². The highest BCUT2D eigenvalue weighted by Crippen LogP contribution is 2.27. The first kappa shape index (κ1) is 18.3. The first-order valence-corrected chi connectivity index (χ1v) is 9.82. The Labute approximate surface area is 152 Å². The third kappa shape index (κ3) is 3.68. The molecule has 7 heteroatoms. The smallest absolute Gasteiger partial charge is 0.243 e. The first-order chi connectivity index (χ1) is 12.4. The molecule has 6 nitrogen and oxygen atoms in total. The van der Waals surface area contributed by atoms with Crippen LogP contribution in [0.1, 0.15) is 30.1 Å². The number of hydrogen-bond acceptors (Lipinski definition) is 4. The van der Waals surface area contributed by atoms with Crippen molar-refractivity contribution < 1.29 is 18.0 Å². The van der Waals surface area contributed by atoms with Crippen molar-refractivity contribution >= 4 is 27.4 Å². The Kier molecular flexibility index (Phi) is 5.20. The van der Waals surface area contributed by atoms with Gasteiger partial charge in [0.15, 0.2) is 5.78 Å². The summed E-state index contributed by atoms with van der Waals surface area (Å²) >= 11 is 0. The van der Waals surface area contributed by atoms with Crippen molar-refractivity contribution in [3.8, 4) is 0 Å². The minimum atomic E-state index is -3.73. The molecule has 3 rings (SSSR count). The van der Waals surface area contributed by atoms with Gasteiger partial charge in [0, 0.05) is 17.8 Å². The van der Waals surface area contributed by atoms with Crippen molar-refractivity contribution in [2.24, 2.45) is 0 Å². The molecule has 0 aliphatic carbocycles. The number of nitrogens with one attached hydrogen (secondary N) is 1. The summed E-state index contributed by atoms with van der Waals surface area (Å²) in [5.74, 6) is -0.488. The number of anilines is 1. The van der Waals surface area contributed by atoms with E-state index in [-0.39, 0.29) is 16.6 Å². The highest BCUT2D eigenvalue weighted by atomic mass is 32.2. The summed E-state index contributed by atoms with van der Waals surface area (Å²) in [5.41, 5.74) is 0.967. The van der Waals surface area contributed by atoms with E-state index in [1.807, 2.05) is 0 Å². The molecule has 0 aromatic heterocycles. The summed E-state index contributed by atoms with van der Waals surface area (Å²) in [4.78, 5) is 24.3. The number of carbonyl (C=O) groups is 2. The lowest BCUT2D eigenvalue weighted by Crippen LogP contribution is -2.43. The molecule has 1 fully saturated rings. The summed E-state index contributed by atoms with van der Waals surface area (Å²) < 4.78 is 26.9. The molecule has 1 unspecified atom stereocenters. The number of benzene rings is 2. The van der Waals surface area contributed by atoms with Crippen molar-refractivity contribution in [3.05, 3.63) is 60.2 Å². The van der Waals surface area contributed by atoms with Crippen LogP contribution in [0.2, 0.25) is 0 Å². The second kappa shape index (κ2) is 7.39. The van der Waals surface area contributed by atoms with Crippen molar-refractivity contribution in [1.82, 2.24) is 4.31 Å². The van der Waals surface area contributed by atoms with Gasteiger partial charge < -0.3 is 5.32 Å². The lowest BCUT2D eigenvalue weighted by molar-refractivity contribution is -0.119. The van der Waals surface area contributed by atoms with E-state index in [1.165, 1.54) is 23.4 Å². The Morgan fingerprint density at radius 1 is 1.08 bits per heavy atom. The van der Waals surface area contributed by atoms with Crippen LogP contribution in [-0.2, 0) is 14.8 Å². The molecule has 2 aromatic carbocycles. The zero-order chi connectivity index (χ0) is 18.7. The van der Waals surface area contributed by atoms with E-state index < -0.39 is 16.1 Å². The maximum Gasteiger partial charge on any atom is 0.243 e. The van der Waals surface area contributed by atoms with Crippen LogP contribution in [0.4, 0.5) is 5.69 Å². The number of hydrogen-bond donors (Lipinski definition) is 1. The SMILES string of the molecule is CC(=O)c1cccc(NC(=O)C2CCCN2S(=O)(=O)c2ccccc2)c1. The lowest BCUT2D eigenvalue weighted by atomic mass is 10.1. The number of nitrogens with zero attached hydrogens (tertiary/aromatic N) is 1. The lowest BCUT2D eigenvalue weighted by Gasteiger charge is -2.23. The Hall–Kier alpha value is -2.51. The maximum atomic E-state index is 12.8. The van der Waals surface area contributed by atoms with Gasteiger partial charge in [-0.05, 0) is 44.0 Å². The molecule has 26 heavy (non-hydrogen) atoms. The third-order valence-electron chi connectivity index (χ3n) is 4.39. The predicted octanol–water partition coefficient (Wildman–Crippen LogP) is 2.68. The molecule has 0 radical (unpaired) electrons. The summed E-state index contributed by atoms with van der Waals surface area (Å²) in [6, 6.07) is 14.0. The van der Waals surface area contributed by atoms with Gasteiger partial charge >= 0.3 is 0 Å². The molecular formula is C19H20N2O4S. The van der Waals surface area contributed by atoms with Crippen LogP contribution in [0.3, 0.4) is 0 Å². The highest BCUT2D eigenvalue weighted by molar-refractivity contribution is 7.89. The summed E-state index contributed by atoms with van der Waals surface area (Å²) in [5, 5.41) is 2.74. The summed E-state index contributed by atoms with van der Waals surface area (Å²) in [6.07, 6.45) is 1.09. The molecule has 2 aromatic rings. The first-order valence-electron chi connectivity index (χ1n) is 8.38. The molecule has 136 valence electrons. The summed E-state index contributed by atoms with van der Waals surface area (Å²) in [7, 11) is -3.73. The van der Waals surface area contributed by atoms with Crippen LogP contribution in [0.5, 0.6) is 0 Å². The minimum Gasteiger partial charge on any atom is -0.325 e. The Balaban J connectivity index is 1.81. The normalized spacial score (nSPS) is 17.8. The quantitative estimate of drug-likeness (QED) is 0.818. The molecule has 1 aliphatic rings. The minimum absolute atomic E-state index is 0.102.